The highest BCUT2D eigenvalue weighted by atomic mass is 79.9. The number of halogens is 1. The lowest BCUT2D eigenvalue weighted by atomic mass is 10.1. The largest absolute Gasteiger partial charge is 0.372 e. The normalized spacial score (nSPS) is 16.2. The molecule has 10 heteroatoms. The maximum atomic E-state index is 13.1. The Balaban J connectivity index is 1.55. The molecule has 2 aromatic heterocycles. The monoisotopic (exact) mass is 461 g/mol. The van der Waals surface area contributed by atoms with Crippen LogP contribution in [0.5, 0.6) is 0 Å². The van der Waals surface area contributed by atoms with Crippen LogP contribution in [-0.4, -0.2) is 28.2 Å². The van der Waals surface area contributed by atoms with Crippen molar-refractivity contribution in [2.75, 3.05) is 4.72 Å². The summed E-state index contributed by atoms with van der Waals surface area (Å²) in [7, 11) is -3.86. The minimum Gasteiger partial charge on any atom is -0.372 e. The molecule has 2 aliphatic rings. The highest BCUT2D eigenvalue weighted by molar-refractivity contribution is 9.10. The van der Waals surface area contributed by atoms with Crippen molar-refractivity contribution in [2.24, 2.45) is 0 Å². The van der Waals surface area contributed by atoms with Gasteiger partial charge in [0.05, 0.1) is 18.9 Å². The highest BCUT2D eigenvalue weighted by Gasteiger charge is 2.30. The Morgan fingerprint density at radius 3 is 2.54 bits per heavy atom. The second-order valence-electron chi connectivity index (χ2n) is 6.84. The third-order valence-corrected chi connectivity index (χ3v) is 7.08. The van der Waals surface area contributed by atoms with Crippen molar-refractivity contribution < 1.29 is 13.2 Å². The summed E-state index contributed by atoms with van der Waals surface area (Å²) in [4.78, 5) is 8.56. The molecular formula is C18H16BrN5O3S. The quantitative estimate of drug-likeness (QED) is 0.626. The third kappa shape index (κ3) is 3.21. The summed E-state index contributed by atoms with van der Waals surface area (Å²) in [5.74, 6) is 0.988. The number of ether oxygens (including phenoxy) is 1. The van der Waals surface area contributed by atoms with Crippen molar-refractivity contribution in [2.45, 2.75) is 36.9 Å². The predicted octanol–water partition coefficient (Wildman–Crippen LogP) is 3.13. The lowest BCUT2D eigenvalue weighted by Gasteiger charge is -2.12. The number of sulfonamides is 1. The molecule has 5 rings (SSSR count). The average molecular weight is 462 g/mol. The number of aromatic nitrogens is 4. The van der Waals surface area contributed by atoms with Gasteiger partial charge in [0.15, 0.2) is 0 Å². The van der Waals surface area contributed by atoms with Gasteiger partial charge in [0, 0.05) is 28.9 Å². The Labute approximate surface area is 170 Å². The van der Waals surface area contributed by atoms with Gasteiger partial charge < -0.3 is 4.74 Å². The first-order chi connectivity index (χ1) is 13.5. The van der Waals surface area contributed by atoms with Gasteiger partial charge in [0.2, 0.25) is 0 Å². The molecule has 0 amide bonds. The molecule has 1 aromatic carbocycles. The van der Waals surface area contributed by atoms with Gasteiger partial charge in [-0.05, 0) is 58.1 Å². The SMILES string of the molecule is O=S(=O)(Nc1cc(C2CC2)nn1-c1ncccn1)c1cc2c(cc1Br)COC2. The molecule has 28 heavy (non-hydrogen) atoms. The molecule has 3 heterocycles. The number of anilines is 1. The van der Waals surface area contributed by atoms with Crippen molar-refractivity contribution in [3.8, 4) is 5.95 Å². The van der Waals surface area contributed by atoms with Gasteiger partial charge in [0.1, 0.15) is 10.7 Å². The average Bonchev–Trinajstić information content (AvgIpc) is 3.29. The van der Waals surface area contributed by atoms with E-state index in [0.717, 1.165) is 29.7 Å². The lowest BCUT2D eigenvalue weighted by Crippen LogP contribution is -2.17. The highest BCUT2D eigenvalue weighted by Crippen LogP contribution is 2.40. The molecule has 144 valence electrons. The van der Waals surface area contributed by atoms with E-state index in [2.05, 4.69) is 35.7 Å². The van der Waals surface area contributed by atoms with Gasteiger partial charge in [-0.1, -0.05) is 0 Å². The second-order valence-corrected chi connectivity index (χ2v) is 9.34. The van der Waals surface area contributed by atoms with Gasteiger partial charge in [-0.3, -0.25) is 4.72 Å². The molecule has 3 aromatic rings. The minimum atomic E-state index is -3.86. The van der Waals surface area contributed by atoms with Crippen LogP contribution in [0.25, 0.3) is 5.95 Å². The predicted molar refractivity (Wildman–Crippen MR) is 105 cm³/mol. The lowest BCUT2D eigenvalue weighted by molar-refractivity contribution is 0.134. The first kappa shape index (κ1) is 17.8. The Bertz CT molecular complexity index is 1160. The molecule has 1 saturated carbocycles. The van der Waals surface area contributed by atoms with Crippen molar-refractivity contribution in [1.29, 1.82) is 0 Å². The fourth-order valence-electron chi connectivity index (χ4n) is 3.18. The van der Waals surface area contributed by atoms with Crippen molar-refractivity contribution in [3.05, 3.63) is 58.0 Å². The summed E-state index contributed by atoms with van der Waals surface area (Å²) < 4.78 is 36.3. The van der Waals surface area contributed by atoms with E-state index in [0.29, 0.717) is 35.4 Å². The molecule has 0 radical (unpaired) electrons. The smallest absolute Gasteiger partial charge is 0.264 e. The number of benzene rings is 1. The topological polar surface area (TPSA) is 99.0 Å². The number of fused-ring (bicyclic) bond motifs is 1. The van der Waals surface area contributed by atoms with Crippen LogP contribution in [0.4, 0.5) is 5.82 Å². The molecule has 8 nitrogen and oxygen atoms in total. The van der Waals surface area contributed by atoms with Crippen LogP contribution >= 0.6 is 15.9 Å². The molecule has 0 saturated heterocycles. The summed E-state index contributed by atoms with van der Waals surface area (Å²) in [5, 5.41) is 4.53. The van der Waals surface area contributed by atoms with E-state index in [1.54, 1.807) is 36.7 Å². The molecular weight excluding hydrogens is 446 g/mol. The Kier molecular flexibility index (Phi) is 4.22. The zero-order valence-electron chi connectivity index (χ0n) is 14.7. The Hall–Kier alpha value is -2.30. The zero-order chi connectivity index (χ0) is 19.3. The Morgan fingerprint density at radius 2 is 1.82 bits per heavy atom. The fourth-order valence-corrected chi connectivity index (χ4v) is 5.35. The van der Waals surface area contributed by atoms with Crippen molar-refractivity contribution in [1.82, 2.24) is 19.7 Å². The zero-order valence-corrected chi connectivity index (χ0v) is 17.1. The molecule has 1 aliphatic carbocycles. The summed E-state index contributed by atoms with van der Waals surface area (Å²) >= 11 is 3.38. The van der Waals surface area contributed by atoms with Gasteiger partial charge in [-0.15, -0.1) is 0 Å². The summed E-state index contributed by atoms with van der Waals surface area (Å²) in [6, 6.07) is 6.90. The first-order valence-corrected chi connectivity index (χ1v) is 11.1. The molecule has 1 N–H and O–H groups in total. The van der Waals surface area contributed by atoms with E-state index in [1.807, 2.05) is 0 Å². The minimum absolute atomic E-state index is 0.159. The molecule has 1 fully saturated rings. The summed E-state index contributed by atoms with van der Waals surface area (Å²) in [6.07, 6.45) is 5.29. The first-order valence-electron chi connectivity index (χ1n) is 8.80. The van der Waals surface area contributed by atoms with Gasteiger partial charge >= 0.3 is 0 Å². The van der Waals surface area contributed by atoms with E-state index in [9.17, 15) is 8.42 Å². The van der Waals surface area contributed by atoms with Crippen LogP contribution in [0.1, 0.15) is 35.6 Å². The van der Waals surface area contributed by atoms with E-state index in [4.69, 9.17) is 4.74 Å². The van der Waals surface area contributed by atoms with Crippen LogP contribution < -0.4 is 4.72 Å². The second kappa shape index (κ2) is 6.64. The fraction of sp³-hybridized carbons (Fsp3) is 0.278. The number of hydrogen-bond acceptors (Lipinski definition) is 6. The Morgan fingerprint density at radius 1 is 1.11 bits per heavy atom. The van der Waals surface area contributed by atoms with E-state index < -0.39 is 10.0 Å². The molecule has 1 aliphatic heterocycles. The maximum absolute atomic E-state index is 13.1. The summed E-state index contributed by atoms with van der Waals surface area (Å²) in [5.41, 5.74) is 2.71. The molecule has 0 spiro atoms. The standard InChI is InChI=1S/C18H16BrN5O3S/c19-14-6-12-9-27-10-13(12)7-16(14)28(25,26)23-17-8-15(11-2-3-11)22-24(17)18-20-4-1-5-21-18/h1,4-8,11,23H,2-3,9-10H2. The maximum Gasteiger partial charge on any atom is 0.264 e. The van der Waals surface area contributed by atoms with Gasteiger partial charge in [-0.2, -0.15) is 9.78 Å². The molecule has 0 bridgehead atoms. The van der Waals surface area contributed by atoms with Gasteiger partial charge in [0.25, 0.3) is 16.0 Å². The third-order valence-electron chi connectivity index (χ3n) is 4.76. The van der Waals surface area contributed by atoms with Crippen LogP contribution in [-0.2, 0) is 28.0 Å². The number of nitrogens with one attached hydrogen (secondary N) is 1. The number of rotatable bonds is 5. The van der Waals surface area contributed by atoms with Crippen LogP contribution in [0.15, 0.2) is 46.0 Å². The van der Waals surface area contributed by atoms with Crippen LogP contribution in [0.3, 0.4) is 0 Å². The van der Waals surface area contributed by atoms with E-state index in [-0.39, 0.29) is 4.90 Å². The van der Waals surface area contributed by atoms with Crippen LogP contribution in [0, 0.1) is 0 Å². The van der Waals surface area contributed by atoms with Crippen molar-refractivity contribution in [3.63, 3.8) is 0 Å². The van der Waals surface area contributed by atoms with Crippen LogP contribution in [0.2, 0.25) is 0 Å². The van der Waals surface area contributed by atoms with Crippen molar-refractivity contribution >= 4 is 31.8 Å². The molecule has 0 atom stereocenters. The molecule has 0 unspecified atom stereocenters. The van der Waals surface area contributed by atoms with Gasteiger partial charge in [-0.25, -0.2) is 18.4 Å². The van der Waals surface area contributed by atoms with E-state index >= 15 is 0 Å². The summed E-state index contributed by atoms with van der Waals surface area (Å²) in [6.45, 7) is 0.900. The number of hydrogen-bond donors (Lipinski definition) is 1. The number of nitrogens with zero attached hydrogens (tertiary/aromatic N) is 4. The van der Waals surface area contributed by atoms with E-state index in [1.165, 1.54) is 4.68 Å².